The largest absolute Gasteiger partial charge is 0.504 e. The summed E-state index contributed by atoms with van der Waals surface area (Å²) in [6.07, 6.45) is 9.07. The molecule has 0 bridgehead atoms. The van der Waals surface area contributed by atoms with Crippen molar-refractivity contribution < 1.29 is 9.84 Å². The Morgan fingerprint density at radius 3 is 2.73 bits per heavy atom. The van der Waals surface area contributed by atoms with Gasteiger partial charge in [0.1, 0.15) is 0 Å². The zero-order valence-corrected chi connectivity index (χ0v) is 14.1. The van der Waals surface area contributed by atoms with Crippen LogP contribution in [0.15, 0.2) is 12.1 Å². The highest BCUT2D eigenvalue weighted by molar-refractivity contribution is 5.53. The second-order valence-electron chi connectivity index (χ2n) is 8.38. The normalized spacial score (nSPS) is 39.8. The van der Waals surface area contributed by atoms with Gasteiger partial charge in [-0.2, -0.15) is 0 Å². The first-order valence-electron chi connectivity index (χ1n) is 8.88. The van der Waals surface area contributed by atoms with E-state index in [1.54, 1.807) is 7.11 Å². The number of hydrogen-bond donors (Lipinski definition) is 1. The van der Waals surface area contributed by atoms with Crippen LogP contribution in [0.1, 0.15) is 69.4 Å². The Bertz CT molecular complexity index is 608. The van der Waals surface area contributed by atoms with Gasteiger partial charge < -0.3 is 9.84 Å². The van der Waals surface area contributed by atoms with E-state index < -0.39 is 0 Å². The molecule has 0 radical (unpaired) electrons. The molecule has 3 aliphatic carbocycles. The molecular formula is C20H28O2. The van der Waals surface area contributed by atoms with Crippen LogP contribution in [0.2, 0.25) is 0 Å². The summed E-state index contributed by atoms with van der Waals surface area (Å²) in [5, 5.41) is 10.5. The number of ether oxygens (including phenoxy) is 1. The van der Waals surface area contributed by atoms with E-state index in [1.165, 1.54) is 44.1 Å². The van der Waals surface area contributed by atoms with Crippen LogP contribution >= 0.6 is 0 Å². The summed E-state index contributed by atoms with van der Waals surface area (Å²) in [7, 11) is 1.64. The lowest BCUT2D eigenvalue weighted by molar-refractivity contribution is -0.0181. The maximum Gasteiger partial charge on any atom is 0.161 e. The van der Waals surface area contributed by atoms with E-state index >= 15 is 0 Å². The van der Waals surface area contributed by atoms with Crippen LogP contribution in [0.4, 0.5) is 0 Å². The fourth-order valence-electron chi connectivity index (χ4n) is 6.34. The summed E-state index contributed by atoms with van der Waals surface area (Å²) in [5.41, 5.74) is 3.54. The van der Waals surface area contributed by atoms with E-state index in [4.69, 9.17) is 4.74 Å². The number of phenols is 1. The molecule has 0 spiro atoms. The molecule has 2 fully saturated rings. The zero-order chi connectivity index (χ0) is 15.5. The van der Waals surface area contributed by atoms with Gasteiger partial charge in [-0.05, 0) is 72.8 Å². The Balaban J connectivity index is 1.79. The van der Waals surface area contributed by atoms with Crippen molar-refractivity contribution in [1.82, 2.24) is 0 Å². The lowest BCUT2D eigenvalue weighted by Crippen LogP contribution is -2.47. The molecule has 120 valence electrons. The van der Waals surface area contributed by atoms with Crippen LogP contribution in [0.25, 0.3) is 0 Å². The first-order valence-corrected chi connectivity index (χ1v) is 8.88. The third-order valence-electron chi connectivity index (χ3n) is 7.47. The molecule has 0 unspecified atom stereocenters. The van der Waals surface area contributed by atoms with Gasteiger partial charge in [0.15, 0.2) is 11.5 Å². The van der Waals surface area contributed by atoms with Crippen molar-refractivity contribution in [2.24, 2.45) is 16.7 Å². The predicted molar refractivity (Wildman–Crippen MR) is 88.5 cm³/mol. The Labute approximate surface area is 133 Å². The van der Waals surface area contributed by atoms with Crippen molar-refractivity contribution in [2.75, 3.05) is 7.11 Å². The van der Waals surface area contributed by atoms with Crippen LogP contribution in [-0.2, 0) is 6.42 Å². The van der Waals surface area contributed by atoms with Crippen LogP contribution in [0.3, 0.4) is 0 Å². The van der Waals surface area contributed by atoms with Crippen LogP contribution in [0, 0.1) is 16.7 Å². The molecule has 4 rings (SSSR count). The van der Waals surface area contributed by atoms with E-state index in [-0.39, 0.29) is 0 Å². The van der Waals surface area contributed by atoms with Gasteiger partial charge in [-0.25, -0.2) is 0 Å². The molecule has 0 saturated heterocycles. The molecule has 1 aromatic carbocycles. The zero-order valence-electron chi connectivity index (χ0n) is 14.1. The van der Waals surface area contributed by atoms with Crippen molar-refractivity contribution in [3.63, 3.8) is 0 Å². The summed E-state index contributed by atoms with van der Waals surface area (Å²) in [6, 6.07) is 4.19. The van der Waals surface area contributed by atoms with Gasteiger partial charge in [-0.1, -0.05) is 26.3 Å². The third kappa shape index (κ3) is 1.73. The lowest BCUT2D eigenvalue weighted by atomic mass is 9.48. The number of phenolic OH excluding ortho intramolecular Hbond substituents is 1. The predicted octanol–water partition coefficient (Wildman–Crippen LogP) is 5.04. The highest BCUT2D eigenvalue weighted by Gasteiger charge is 2.56. The molecule has 0 aromatic heterocycles. The summed E-state index contributed by atoms with van der Waals surface area (Å²) in [4.78, 5) is 0. The second kappa shape index (κ2) is 4.66. The molecular weight excluding hydrogens is 272 g/mol. The van der Waals surface area contributed by atoms with Gasteiger partial charge in [0, 0.05) is 5.56 Å². The molecule has 0 aliphatic heterocycles. The standard InChI is InChI=1S/C20H28O2/c1-19-10-4-5-17(19)20(2)12-8-14-13(15(20)9-11-19)6-7-16(22-3)18(14)21/h6-7,15,17,21H,4-5,8-12H2,1-3H3/t15-,17-,19+,20-/m1/s1. The molecule has 1 N–H and O–H groups in total. The fourth-order valence-corrected chi connectivity index (χ4v) is 6.34. The monoisotopic (exact) mass is 300 g/mol. The van der Waals surface area contributed by atoms with E-state index in [0.29, 0.717) is 28.2 Å². The number of hydrogen-bond acceptors (Lipinski definition) is 2. The Morgan fingerprint density at radius 1 is 1.14 bits per heavy atom. The van der Waals surface area contributed by atoms with Gasteiger partial charge in [0.2, 0.25) is 0 Å². The molecule has 2 nitrogen and oxygen atoms in total. The minimum Gasteiger partial charge on any atom is -0.504 e. The van der Waals surface area contributed by atoms with Crippen molar-refractivity contribution in [2.45, 2.75) is 64.7 Å². The number of methoxy groups -OCH3 is 1. The maximum absolute atomic E-state index is 10.5. The minimum absolute atomic E-state index is 0.391. The van der Waals surface area contributed by atoms with E-state index in [0.717, 1.165) is 17.9 Å². The summed E-state index contributed by atoms with van der Waals surface area (Å²) in [5.74, 6) is 2.49. The average molecular weight is 300 g/mol. The van der Waals surface area contributed by atoms with Gasteiger partial charge in [0.05, 0.1) is 7.11 Å². The van der Waals surface area contributed by atoms with Gasteiger partial charge in [0.25, 0.3) is 0 Å². The number of aromatic hydroxyl groups is 1. The Kier molecular flexibility index (Phi) is 3.05. The number of fused-ring (bicyclic) bond motifs is 5. The van der Waals surface area contributed by atoms with Crippen molar-refractivity contribution in [3.05, 3.63) is 23.3 Å². The van der Waals surface area contributed by atoms with Gasteiger partial charge in [-0.15, -0.1) is 0 Å². The fraction of sp³-hybridized carbons (Fsp3) is 0.700. The molecule has 4 atom stereocenters. The van der Waals surface area contributed by atoms with E-state index in [9.17, 15) is 5.11 Å². The molecule has 0 heterocycles. The molecule has 3 aliphatic rings. The van der Waals surface area contributed by atoms with E-state index in [1.807, 2.05) is 6.07 Å². The van der Waals surface area contributed by atoms with Crippen molar-refractivity contribution in [1.29, 1.82) is 0 Å². The molecule has 2 saturated carbocycles. The summed E-state index contributed by atoms with van der Waals surface area (Å²) >= 11 is 0. The highest BCUT2D eigenvalue weighted by atomic mass is 16.5. The Morgan fingerprint density at radius 2 is 1.95 bits per heavy atom. The first kappa shape index (κ1) is 14.4. The summed E-state index contributed by atoms with van der Waals surface area (Å²) < 4.78 is 5.31. The minimum atomic E-state index is 0.391. The van der Waals surface area contributed by atoms with Crippen molar-refractivity contribution >= 4 is 0 Å². The smallest absolute Gasteiger partial charge is 0.161 e. The molecule has 2 heteroatoms. The molecule has 22 heavy (non-hydrogen) atoms. The molecule has 0 amide bonds. The first-order chi connectivity index (χ1) is 10.5. The van der Waals surface area contributed by atoms with Gasteiger partial charge in [-0.3, -0.25) is 0 Å². The second-order valence-corrected chi connectivity index (χ2v) is 8.38. The Hall–Kier alpha value is -1.18. The summed E-state index contributed by atoms with van der Waals surface area (Å²) in [6.45, 7) is 5.07. The van der Waals surface area contributed by atoms with Crippen LogP contribution in [-0.4, -0.2) is 12.2 Å². The number of benzene rings is 1. The number of rotatable bonds is 1. The van der Waals surface area contributed by atoms with Crippen LogP contribution in [0.5, 0.6) is 11.5 Å². The highest BCUT2D eigenvalue weighted by Crippen LogP contribution is 2.67. The maximum atomic E-state index is 10.5. The molecule has 1 aromatic rings. The van der Waals surface area contributed by atoms with Gasteiger partial charge >= 0.3 is 0 Å². The van der Waals surface area contributed by atoms with Crippen LogP contribution < -0.4 is 4.74 Å². The topological polar surface area (TPSA) is 29.5 Å². The average Bonchev–Trinajstić information content (AvgIpc) is 2.90. The van der Waals surface area contributed by atoms with E-state index in [2.05, 4.69) is 19.9 Å². The third-order valence-corrected chi connectivity index (χ3v) is 7.47. The quantitative estimate of drug-likeness (QED) is 0.787. The lowest BCUT2D eigenvalue weighted by Gasteiger charge is -2.56. The SMILES string of the molecule is COc1ccc2c(c1O)CC[C@]1(C)[C@@H]2CC[C@]2(C)CCC[C@H]21. The van der Waals surface area contributed by atoms with Crippen molar-refractivity contribution in [3.8, 4) is 11.5 Å².